The summed E-state index contributed by atoms with van der Waals surface area (Å²) >= 11 is 0. The lowest BCUT2D eigenvalue weighted by Gasteiger charge is -2.44. The molecule has 0 aromatic carbocycles. The number of anilines is 1. The Labute approximate surface area is 113 Å². The van der Waals surface area contributed by atoms with Crippen LogP contribution in [0.4, 0.5) is 5.95 Å². The number of rotatable bonds is 2. The van der Waals surface area contributed by atoms with Crippen molar-refractivity contribution >= 4 is 11.9 Å². The second kappa shape index (κ2) is 4.77. The molecule has 2 N–H and O–H groups in total. The van der Waals surface area contributed by atoms with Gasteiger partial charge in [-0.1, -0.05) is 0 Å². The van der Waals surface area contributed by atoms with Crippen LogP contribution in [-0.2, 0) is 11.3 Å². The van der Waals surface area contributed by atoms with E-state index in [9.17, 15) is 4.79 Å². The number of aryl methyl sites for hydroxylation is 1. The molecule has 0 spiro atoms. The van der Waals surface area contributed by atoms with E-state index < -0.39 is 5.54 Å². The molecule has 6 heteroatoms. The highest BCUT2D eigenvalue weighted by molar-refractivity contribution is 5.89. The first kappa shape index (κ1) is 13.7. The lowest BCUT2D eigenvalue weighted by atomic mass is 9.98. The van der Waals surface area contributed by atoms with Crippen molar-refractivity contribution in [3.63, 3.8) is 0 Å². The lowest BCUT2D eigenvalue weighted by molar-refractivity contribution is -0.136. The van der Waals surface area contributed by atoms with Crippen LogP contribution in [0.15, 0.2) is 6.07 Å². The maximum atomic E-state index is 12.3. The summed E-state index contributed by atoms with van der Waals surface area (Å²) in [4.78, 5) is 24.9. The van der Waals surface area contributed by atoms with E-state index in [0.717, 1.165) is 17.9 Å². The van der Waals surface area contributed by atoms with E-state index in [1.54, 1.807) is 4.90 Å². The van der Waals surface area contributed by atoms with Gasteiger partial charge >= 0.3 is 0 Å². The fourth-order valence-electron chi connectivity index (χ4n) is 2.41. The van der Waals surface area contributed by atoms with E-state index in [-0.39, 0.29) is 5.91 Å². The summed E-state index contributed by atoms with van der Waals surface area (Å²) in [5.41, 5.74) is 6.68. The molecule has 0 aliphatic carbocycles. The smallest absolute Gasteiger partial charge is 0.247 e. The summed E-state index contributed by atoms with van der Waals surface area (Å²) in [6.07, 6.45) is 0. The van der Waals surface area contributed by atoms with Crippen LogP contribution < -0.4 is 10.6 Å². The molecule has 19 heavy (non-hydrogen) atoms. The van der Waals surface area contributed by atoms with Crippen molar-refractivity contribution in [2.24, 2.45) is 5.73 Å². The minimum Gasteiger partial charge on any atom is -0.342 e. The van der Waals surface area contributed by atoms with E-state index in [0.29, 0.717) is 19.0 Å². The van der Waals surface area contributed by atoms with Crippen LogP contribution in [-0.4, -0.2) is 46.5 Å². The van der Waals surface area contributed by atoms with E-state index in [4.69, 9.17) is 5.73 Å². The highest BCUT2D eigenvalue weighted by Gasteiger charge is 2.41. The second-order valence-electron chi connectivity index (χ2n) is 5.44. The van der Waals surface area contributed by atoms with Crippen molar-refractivity contribution in [2.45, 2.75) is 32.9 Å². The predicted molar refractivity (Wildman–Crippen MR) is 73.7 cm³/mol. The number of amides is 1. The van der Waals surface area contributed by atoms with Gasteiger partial charge in [0.15, 0.2) is 0 Å². The molecule has 1 aliphatic rings. The number of aromatic nitrogens is 2. The van der Waals surface area contributed by atoms with E-state index in [2.05, 4.69) is 9.97 Å². The van der Waals surface area contributed by atoms with Gasteiger partial charge in [0.1, 0.15) is 5.54 Å². The zero-order chi connectivity index (χ0) is 14.2. The van der Waals surface area contributed by atoms with Crippen LogP contribution in [0.3, 0.4) is 0 Å². The average molecular weight is 263 g/mol. The van der Waals surface area contributed by atoms with Gasteiger partial charge in [0.25, 0.3) is 0 Å². The molecule has 1 aliphatic heterocycles. The molecule has 0 atom stereocenters. The second-order valence-corrected chi connectivity index (χ2v) is 5.44. The highest BCUT2D eigenvalue weighted by Crippen LogP contribution is 2.26. The van der Waals surface area contributed by atoms with Gasteiger partial charge in [-0.25, -0.2) is 9.97 Å². The van der Waals surface area contributed by atoms with Gasteiger partial charge in [0.05, 0.1) is 5.69 Å². The quantitative estimate of drug-likeness (QED) is 0.830. The zero-order valence-electron chi connectivity index (χ0n) is 12.0. The maximum Gasteiger partial charge on any atom is 0.247 e. The SMILES string of the molecule is Cc1cc(CN)nc(N2CCN(C)C(=O)C2(C)C)n1. The first-order valence-electron chi connectivity index (χ1n) is 6.44. The molecule has 2 rings (SSSR count). The van der Waals surface area contributed by atoms with Crippen LogP contribution in [0.25, 0.3) is 0 Å². The van der Waals surface area contributed by atoms with Crippen LogP contribution in [0.5, 0.6) is 0 Å². The van der Waals surface area contributed by atoms with Crippen molar-refractivity contribution < 1.29 is 4.79 Å². The van der Waals surface area contributed by atoms with Crippen molar-refractivity contribution in [1.29, 1.82) is 0 Å². The van der Waals surface area contributed by atoms with Gasteiger partial charge in [0.2, 0.25) is 11.9 Å². The van der Waals surface area contributed by atoms with E-state index in [1.807, 2.05) is 38.8 Å². The number of hydrogen-bond acceptors (Lipinski definition) is 5. The first-order valence-corrected chi connectivity index (χ1v) is 6.44. The van der Waals surface area contributed by atoms with Gasteiger partial charge in [-0.15, -0.1) is 0 Å². The minimum absolute atomic E-state index is 0.0816. The van der Waals surface area contributed by atoms with Gasteiger partial charge in [-0.2, -0.15) is 0 Å². The molecule has 1 aromatic heterocycles. The number of nitrogens with zero attached hydrogens (tertiary/aromatic N) is 4. The molecule has 6 nitrogen and oxygen atoms in total. The van der Waals surface area contributed by atoms with Crippen molar-refractivity contribution in [3.05, 3.63) is 17.5 Å². The minimum atomic E-state index is -0.632. The summed E-state index contributed by atoms with van der Waals surface area (Å²) in [6, 6.07) is 1.87. The lowest BCUT2D eigenvalue weighted by Crippen LogP contribution is -2.62. The molecule has 2 heterocycles. The van der Waals surface area contributed by atoms with Crippen LogP contribution in [0.1, 0.15) is 25.2 Å². The standard InChI is InChI=1S/C13H21N5O/c1-9-7-10(8-14)16-12(15-9)18-6-5-17(4)11(19)13(18,2)3/h7H,5-6,8,14H2,1-4H3. The summed E-state index contributed by atoms with van der Waals surface area (Å²) in [5, 5.41) is 0. The van der Waals surface area contributed by atoms with Crippen molar-refractivity contribution in [1.82, 2.24) is 14.9 Å². The Hall–Kier alpha value is -1.69. The molecular weight excluding hydrogens is 242 g/mol. The van der Waals surface area contributed by atoms with Crippen LogP contribution in [0, 0.1) is 6.92 Å². The molecule has 1 aromatic rings. The fraction of sp³-hybridized carbons (Fsp3) is 0.615. The number of likely N-dealkylation sites (N-methyl/N-ethyl adjacent to an activating group) is 1. The molecule has 1 fully saturated rings. The summed E-state index contributed by atoms with van der Waals surface area (Å²) in [5.74, 6) is 0.671. The highest BCUT2D eigenvalue weighted by atomic mass is 16.2. The number of nitrogens with two attached hydrogens (primary N) is 1. The molecule has 0 bridgehead atoms. The monoisotopic (exact) mass is 263 g/mol. The summed E-state index contributed by atoms with van der Waals surface area (Å²) in [7, 11) is 1.82. The molecule has 1 saturated heterocycles. The van der Waals surface area contributed by atoms with Crippen LogP contribution >= 0.6 is 0 Å². The number of piperazine rings is 1. The molecule has 0 radical (unpaired) electrons. The molecule has 0 unspecified atom stereocenters. The van der Waals surface area contributed by atoms with Crippen molar-refractivity contribution in [2.75, 3.05) is 25.0 Å². The van der Waals surface area contributed by atoms with Gasteiger partial charge in [-0.3, -0.25) is 4.79 Å². The third-order valence-corrected chi connectivity index (χ3v) is 3.55. The first-order chi connectivity index (χ1) is 8.86. The molecular formula is C13H21N5O. The van der Waals surface area contributed by atoms with Crippen LogP contribution in [0.2, 0.25) is 0 Å². The predicted octanol–water partition coefficient (Wildman–Crippen LogP) is 0.301. The topological polar surface area (TPSA) is 75.3 Å². The van der Waals surface area contributed by atoms with E-state index >= 15 is 0 Å². The number of carbonyl (C=O) groups is 1. The summed E-state index contributed by atoms with van der Waals surface area (Å²) < 4.78 is 0. The van der Waals surface area contributed by atoms with Gasteiger partial charge in [-0.05, 0) is 26.8 Å². The largest absolute Gasteiger partial charge is 0.342 e. The Bertz CT molecular complexity index is 500. The maximum absolute atomic E-state index is 12.3. The van der Waals surface area contributed by atoms with Gasteiger partial charge < -0.3 is 15.5 Å². The zero-order valence-corrected chi connectivity index (χ0v) is 12.0. The van der Waals surface area contributed by atoms with Gasteiger partial charge in [0, 0.05) is 32.4 Å². The fourth-order valence-corrected chi connectivity index (χ4v) is 2.41. The Morgan fingerprint density at radius 2 is 2.05 bits per heavy atom. The third kappa shape index (κ3) is 2.40. The Morgan fingerprint density at radius 1 is 1.37 bits per heavy atom. The third-order valence-electron chi connectivity index (χ3n) is 3.55. The number of carbonyl (C=O) groups excluding carboxylic acids is 1. The molecule has 104 valence electrons. The average Bonchev–Trinajstić information content (AvgIpc) is 2.35. The Balaban J connectivity index is 2.41. The van der Waals surface area contributed by atoms with Crippen molar-refractivity contribution in [3.8, 4) is 0 Å². The normalized spacial score (nSPS) is 18.9. The Morgan fingerprint density at radius 3 is 2.68 bits per heavy atom. The molecule has 1 amide bonds. The Kier molecular flexibility index (Phi) is 3.45. The summed E-state index contributed by atoms with van der Waals surface area (Å²) in [6.45, 7) is 7.49. The number of hydrogen-bond donors (Lipinski definition) is 1. The molecule has 0 saturated carbocycles. The van der Waals surface area contributed by atoms with E-state index in [1.165, 1.54) is 0 Å².